The lowest BCUT2D eigenvalue weighted by Gasteiger charge is -2.11. The molecule has 3 nitrogen and oxygen atoms in total. The van der Waals surface area contributed by atoms with Gasteiger partial charge < -0.3 is 9.47 Å². The quantitative estimate of drug-likeness (QED) is 0.761. The van der Waals surface area contributed by atoms with E-state index in [0.29, 0.717) is 0 Å². The van der Waals surface area contributed by atoms with Gasteiger partial charge in [0.1, 0.15) is 5.56 Å². The summed E-state index contributed by atoms with van der Waals surface area (Å²) in [5.41, 5.74) is -0.671. The monoisotopic (exact) mass is 207 g/mol. The first-order valence-corrected chi connectivity index (χ1v) is 3.66. The molecule has 1 aromatic heterocycles. The number of halogens is 3. The number of ether oxygens (including phenoxy) is 2. The summed E-state index contributed by atoms with van der Waals surface area (Å²) in [5, 5.41) is 0. The lowest BCUT2D eigenvalue weighted by atomic mass is 10.2. The summed E-state index contributed by atoms with van der Waals surface area (Å²) in [6.07, 6.45) is -2.13. The molecule has 0 radical (unpaired) electrons. The second-order valence-electron chi connectivity index (χ2n) is 2.36. The minimum Gasteiger partial charge on any atom is -0.493 e. The van der Waals surface area contributed by atoms with Crippen LogP contribution < -0.4 is 9.47 Å². The van der Waals surface area contributed by atoms with Crippen LogP contribution in [0.25, 0.3) is 0 Å². The van der Waals surface area contributed by atoms with E-state index in [2.05, 4.69) is 14.5 Å². The van der Waals surface area contributed by atoms with Crippen molar-refractivity contribution < 1.29 is 22.6 Å². The van der Waals surface area contributed by atoms with Gasteiger partial charge in [-0.2, -0.15) is 0 Å². The smallest absolute Gasteiger partial charge is 0.272 e. The van der Waals surface area contributed by atoms with Crippen LogP contribution in [0, 0.1) is 5.82 Å². The molecule has 0 saturated carbocycles. The van der Waals surface area contributed by atoms with Crippen molar-refractivity contribution in [2.75, 3.05) is 14.2 Å². The van der Waals surface area contributed by atoms with E-state index in [-0.39, 0.29) is 5.88 Å². The number of pyridine rings is 1. The Morgan fingerprint density at radius 3 is 2.36 bits per heavy atom. The molecule has 0 saturated heterocycles. The molecule has 6 heteroatoms. The third kappa shape index (κ3) is 1.73. The van der Waals surface area contributed by atoms with Crippen LogP contribution in [0.3, 0.4) is 0 Å². The molecule has 0 aliphatic rings. The molecular formula is C8H8F3NO2. The molecule has 14 heavy (non-hydrogen) atoms. The van der Waals surface area contributed by atoms with E-state index in [4.69, 9.17) is 0 Å². The van der Waals surface area contributed by atoms with Gasteiger partial charge in [-0.1, -0.05) is 0 Å². The fraction of sp³-hybridized carbons (Fsp3) is 0.375. The summed E-state index contributed by atoms with van der Waals surface area (Å²) in [7, 11) is 2.27. The molecule has 0 unspecified atom stereocenters. The molecule has 1 rings (SSSR count). The van der Waals surface area contributed by atoms with Crippen molar-refractivity contribution in [3.63, 3.8) is 0 Å². The van der Waals surface area contributed by atoms with Gasteiger partial charge in [0.15, 0.2) is 11.6 Å². The maximum atomic E-state index is 13.0. The number of hydrogen-bond acceptors (Lipinski definition) is 3. The summed E-state index contributed by atoms with van der Waals surface area (Å²) in [6, 6.07) is 0. The van der Waals surface area contributed by atoms with Crippen LogP contribution in [-0.2, 0) is 0 Å². The van der Waals surface area contributed by atoms with Crippen molar-refractivity contribution >= 4 is 0 Å². The maximum Gasteiger partial charge on any atom is 0.272 e. The van der Waals surface area contributed by atoms with Crippen LogP contribution in [0.5, 0.6) is 11.6 Å². The third-order valence-electron chi connectivity index (χ3n) is 1.60. The third-order valence-corrected chi connectivity index (χ3v) is 1.60. The number of hydrogen-bond donors (Lipinski definition) is 0. The van der Waals surface area contributed by atoms with Crippen molar-refractivity contribution in [2.24, 2.45) is 0 Å². The molecule has 0 N–H and O–H groups in total. The second kappa shape index (κ2) is 4.17. The van der Waals surface area contributed by atoms with Gasteiger partial charge in [0.05, 0.1) is 20.4 Å². The van der Waals surface area contributed by atoms with Gasteiger partial charge in [-0.25, -0.2) is 18.2 Å². The van der Waals surface area contributed by atoms with Gasteiger partial charge in [-0.15, -0.1) is 0 Å². The topological polar surface area (TPSA) is 31.4 Å². The summed E-state index contributed by atoms with van der Waals surface area (Å²) >= 11 is 0. The highest BCUT2D eigenvalue weighted by molar-refractivity contribution is 5.41. The highest BCUT2D eigenvalue weighted by Gasteiger charge is 2.24. The van der Waals surface area contributed by atoms with Crippen molar-refractivity contribution in [3.8, 4) is 11.6 Å². The Labute approximate surface area is 78.5 Å². The molecule has 0 aliphatic carbocycles. The largest absolute Gasteiger partial charge is 0.493 e. The maximum absolute atomic E-state index is 13.0. The molecule has 0 atom stereocenters. The summed E-state index contributed by atoms with van der Waals surface area (Å²) in [5.74, 6) is -1.81. The fourth-order valence-corrected chi connectivity index (χ4v) is 1.03. The van der Waals surface area contributed by atoms with Crippen LogP contribution in [0.2, 0.25) is 0 Å². The molecular weight excluding hydrogens is 199 g/mol. The average molecular weight is 207 g/mol. The Morgan fingerprint density at radius 2 is 1.93 bits per heavy atom. The molecule has 78 valence electrons. The first-order chi connectivity index (χ1) is 6.61. The van der Waals surface area contributed by atoms with E-state index in [1.807, 2.05) is 0 Å². The second-order valence-corrected chi connectivity index (χ2v) is 2.36. The molecule has 1 heterocycles. The predicted molar refractivity (Wildman–Crippen MR) is 42.3 cm³/mol. The number of alkyl halides is 2. The average Bonchev–Trinajstić information content (AvgIpc) is 2.17. The molecule has 0 amide bonds. The van der Waals surface area contributed by atoms with Gasteiger partial charge in [-0.3, -0.25) is 0 Å². The fourth-order valence-electron chi connectivity index (χ4n) is 1.03. The predicted octanol–water partition coefficient (Wildman–Crippen LogP) is 2.18. The van der Waals surface area contributed by atoms with Gasteiger partial charge in [-0.05, 0) is 0 Å². The normalized spacial score (nSPS) is 10.4. The first-order valence-electron chi connectivity index (χ1n) is 3.66. The van der Waals surface area contributed by atoms with Crippen LogP contribution in [0.1, 0.15) is 12.0 Å². The molecule has 0 aromatic carbocycles. The SMILES string of the molecule is COc1ncc(F)c(OC)c1C(F)F. The van der Waals surface area contributed by atoms with Gasteiger partial charge >= 0.3 is 0 Å². The molecule has 0 bridgehead atoms. The number of aromatic nitrogens is 1. The lowest BCUT2D eigenvalue weighted by molar-refractivity contribution is 0.140. The van der Waals surface area contributed by atoms with Crippen LogP contribution in [-0.4, -0.2) is 19.2 Å². The minimum atomic E-state index is -2.90. The Balaban J connectivity index is 3.36. The highest BCUT2D eigenvalue weighted by Crippen LogP contribution is 2.36. The van der Waals surface area contributed by atoms with E-state index < -0.39 is 23.6 Å². The van der Waals surface area contributed by atoms with Gasteiger partial charge in [0.2, 0.25) is 5.88 Å². The van der Waals surface area contributed by atoms with Crippen molar-refractivity contribution in [3.05, 3.63) is 17.6 Å². The minimum absolute atomic E-state index is 0.335. The molecule has 0 aliphatic heterocycles. The Morgan fingerprint density at radius 1 is 1.29 bits per heavy atom. The van der Waals surface area contributed by atoms with Crippen molar-refractivity contribution in [2.45, 2.75) is 6.43 Å². The first kappa shape index (κ1) is 10.6. The van der Waals surface area contributed by atoms with E-state index in [1.54, 1.807) is 0 Å². The van der Waals surface area contributed by atoms with E-state index in [0.717, 1.165) is 13.3 Å². The summed E-state index contributed by atoms with van der Waals surface area (Å²) in [4.78, 5) is 3.37. The van der Waals surface area contributed by atoms with E-state index in [1.165, 1.54) is 7.11 Å². The van der Waals surface area contributed by atoms with Crippen molar-refractivity contribution in [1.82, 2.24) is 4.98 Å². The number of nitrogens with zero attached hydrogens (tertiary/aromatic N) is 1. The van der Waals surface area contributed by atoms with Crippen LogP contribution in [0.15, 0.2) is 6.20 Å². The number of rotatable bonds is 3. The Hall–Kier alpha value is -1.46. The van der Waals surface area contributed by atoms with Crippen LogP contribution >= 0.6 is 0 Å². The van der Waals surface area contributed by atoms with E-state index in [9.17, 15) is 13.2 Å². The van der Waals surface area contributed by atoms with Gasteiger partial charge in [0.25, 0.3) is 6.43 Å². The molecule has 0 spiro atoms. The van der Waals surface area contributed by atoms with Gasteiger partial charge in [0, 0.05) is 0 Å². The highest BCUT2D eigenvalue weighted by atomic mass is 19.3. The summed E-state index contributed by atoms with van der Waals surface area (Å²) < 4.78 is 47.0. The molecule has 1 aromatic rings. The zero-order valence-electron chi connectivity index (χ0n) is 7.55. The lowest BCUT2D eigenvalue weighted by Crippen LogP contribution is -2.01. The zero-order valence-corrected chi connectivity index (χ0v) is 7.55. The Bertz CT molecular complexity index is 331. The standard InChI is InChI=1S/C8H8F3NO2/c1-13-6-4(9)3-12-8(14-2)5(6)7(10)11/h3,7H,1-2H3. The van der Waals surface area contributed by atoms with Crippen molar-refractivity contribution in [1.29, 1.82) is 0 Å². The van der Waals surface area contributed by atoms with E-state index >= 15 is 0 Å². The Kier molecular flexibility index (Phi) is 3.16. The molecule has 0 fully saturated rings. The zero-order chi connectivity index (χ0) is 10.7. The van der Waals surface area contributed by atoms with Crippen LogP contribution in [0.4, 0.5) is 13.2 Å². The summed E-state index contributed by atoms with van der Waals surface area (Å²) in [6.45, 7) is 0. The number of methoxy groups -OCH3 is 2.